The number of sulfonamides is 1. The Morgan fingerprint density at radius 2 is 1.24 bits per heavy atom. The summed E-state index contributed by atoms with van der Waals surface area (Å²) < 4.78 is 27.9. The average Bonchev–Trinajstić information content (AvgIpc) is 2.63. The van der Waals surface area contributed by atoms with E-state index in [0.29, 0.717) is 17.1 Å². The summed E-state index contributed by atoms with van der Waals surface area (Å²) in [7, 11) is -3.64. The Kier molecular flexibility index (Phi) is 4.91. The number of aryl methyl sites for hydroxylation is 2. The molecule has 0 fully saturated rings. The number of benzene rings is 3. The van der Waals surface area contributed by atoms with Gasteiger partial charge >= 0.3 is 0 Å². The number of hydrogen-bond acceptors (Lipinski definition) is 2. The summed E-state index contributed by atoms with van der Waals surface area (Å²) in [6.45, 7) is 4.29. The lowest BCUT2D eigenvalue weighted by molar-refractivity contribution is 0.590. The zero-order valence-corrected chi connectivity index (χ0v) is 15.2. The molecule has 0 heterocycles. The second-order valence-electron chi connectivity index (χ2n) is 6.15. The van der Waals surface area contributed by atoms with Crippen LogP contribution in [0.3, 0.4) is 0 Å². The molecular weight excluding hydrogens is 330 g/mol. The monoisotopic (exact) mass is 351 g/mol. The van der Waals surface area contributed by atoms with E-state index in [1.165, 1.54) is 4.31 Å². The van der Waals surface area contributed by atoms with Crippen molar-refractivity contribution in [1.29, 1.82) is 0 Å². The molecule has 0 aliphatic rings. The summed E-state index contributed by atoms with van der Waals surface area (Å²) in [6.07, 6.45) is 0. The van der Waals surface area contributed by atoms with Crippen molar-refractivity contribution in [1.82, 2.24) is 0 Å². The molecule has 128 valence electrons. The summed E-state index contributed by atoms with van der Waals surface area (Å²) in [5, 5.41) is 0. The molecule has 0 spiro atoms. The first kappa shape index (κ1) is 17.2. The fourth-order valence-electron chi connectivity index (χ4n) is 2.61. The van der Waals surface area contributed by atoms with E-state index in [4.69, 9.17) is 0 Å². The van der Waals surface area contributed by atoms with Gasteiger partial charge in [-0.2, -0.15) is 0 Å². The van der Waals surface area contributed by atoms with E-state index >= 15 is 0 Å². The van der Waals surface area contributed by atoms with Crippen LogP contribution in [0.5, 0.6) is 0 Å². The Labute approximate surface area is 149 Å². The van der Waals surface area contributed by atoms with Gasteiger partial charge in [0.15, 0.2) is 0 Å². The van der Waals surface area contributed by atoms with E-state index < -0.39 is 10.0 Å². The van der Waals surface area contributed by atoms with Gasteiger partial charge in [0.1, 0.15) is 0 Å². The molecule has 0 radical (unpaired) electrons. The van der Waals surface area contributed by atoms with Crippen molar-refractivity contribution in [3.63, 3.8) is 0 Å². The van der Waals surface area contributed by atoms with Gasteiger partial charge in [-0.15, -0.1) is 0 Å². The Bertz CT molecular complexity index is 931. The highest BCUT2D eigenvalue weighted by Crippen LogP contribution is 2.26. The molecule has 4 heteroatoms. The van der Waals surface area contributed by atoms with Gasteiger partial charge in [0, 0.05) is 0 Å². The minimum atomic E-state index is -3.64. The predicted molar refractivity (Wildman–Crippen MR) is 102 cm³/mol. The average molecular weight is 351 g/mol. The van der Waals surface area contributed by atoms with Gasteiger partial charge in [-0.1, -0.05) is 65.7 Å². The Morgan fingerprint density at radius 1 is 0.720 bits per heavy atom. The van der Waals surface area contributed by atoms with Crippen molar-refractivity contribution < 1.29 is 8.42 Å². The van der Waals surface area contributed by atoms with Crippen LogP contribution in [0, 0.1) is 13.8 Å². The van der Waals surface area contributed by atoms with Crippen molar-refractivity contribution >= 4 is 15.7 Å². The molecule has 25 heavy (non-hydrogen) atoms. The van der Waals surface area contributed by atoms with Crippen LogP contribution in [0.25, 0.3) is 0 Å². The number of nitrogens with zero attached hydrogens (tertiary/aromatic N) is 1. The molecule has 0 aliphatic carbocycles. The minimum Gasteiger partial charge on any atom is -0.262 e. The number of rotatable bonds is 5. The minimum absolute atomic E-state index is 0.292. The Morgan fingerprint density at radius 3 is 1.80 bits per heavy atom. The highest BCUT2D eigenvalue weighted by atomic mass is 32.2. The molecule has 0 saturated heterocycles. The van der Waals surface area contributed by atoms with Crippen LogP contribution in [0.15, 0.2) is 83.8 Å². The molecule has 0 bridgehead atoms. The highest BCUT2D eigenvalue weighted by molar-refractivity contribution is 7.92. The molecule has 3 nitrogen and oxygen atoms in total. The lowest BCUT2D eigenvalue weighted by atomic mass is 10.1. The molecule has 0 amide bonds. The number of anilines is 1. The zero-order valence-electron chi connectivity index (χ0n) is 14.4. The molecule has 0 unspecified atom stereocenters. The second kappa shape index (κ2) is 7.11. The van der Waals surface area contributed by atoms with E-state index in [0.717, 1.165) is 16.7 Å². The van der Waals surface area contributed by atoms with Crippen molar-refractivity contribution in [3.05, 3.63) is 95.6 Å². The smallest absolute Gasteiger partial charge is 0.262 e. The van der Waals surface area contributed by atoms with Gasteiger partial charge in [0.25, 0.3) is 10.0 Å². The first-order valence-corrected chi connectivity index (χ1v) is 9.61. The second-order valence-corrected chi connectivity index (χ2v) is 8.01. The summed E-state index contributed by atoms with van der Waals surface area (Å²) in [4.78, 5) is 0.294. The molecule has 0 atom stereocenters. The van der Waals surface area contributed by atoms with Crippen LogP contribution in [-0.4, -0.2) is 8.42 Å². The SMILES string of the molecule is Cc1ccc(CN(c2ccc(C)cc2)S(=O)(=O)c2ccccc2)cc1. The fraction of sp³-hybridized carbons (Fsp3) is 0.143. The van der Waals surface area contributed by atoms with E-state index in [-0.39, 0.29) is 0 Å². The fourth-order valence-corrected chi connectivity index (χ4v) is 4.08. The lowest BCUT2D eigenvalue weighted by Crippen LogP contribution is -2.30. The predicted octanol–water partition coefficient (Wildman–Crippen LogP) is 4.70. The van der Waals surface area contributed by atoms with E-state index in [2.05, 4.69) is 0 Å². The molecule has 0 N–H and O–H groups in total. The third kappa shape index (κ3) is 3.91. The van der Waals surface area contributed by atoms with Crippen LogP contribution in [-0.2, 0) is 16.6 Å². The maximum absolute atomic E-state index is 13.2. The van der Waals surface area contributed by atoms with Crippen molar-refractivity contribution in [2.24, 2.45) is 0 Å². The van der Waals surface area contributed by atoms with E-state index in [1.807, 2.05) is 68.4 Å². The zero-order chi connectivity index (χ0) is 17.9. The van der Waals surface area contributed by atoms with Gasteiger partial charge in [-0.3, -0.25) is 4.31 Å². The van der Waals surface area contributed by atoms with Gasteiger partial charge in [0.2, 0.25) is 0 Å². The maximum Gasteiger partial charge on any atom is 0.264 e. The van der Waals surface area contributed by atoms with Crippen LogP contribution in [0.1, 0.15) is 16.7 Å². The Hall–Kier alpha value is -2.59. The van der Waals surface area contributed by atoms with Crippen LogP contribution in [0.4, 0.5) is 5.69 Å². The first-order valence-electron chi connectivity index (χ1n) is 8.17. The summed E-state index contributed by atoms with van der Waals surface area (Å²) in [5.41, 5.74) is 3.86. The van der Waals surface area contributed by atoms with Gasteiger partial charge < -0.3 is 0 Å². The third-order valence-corrected chi connectivity index (χ3v) is 5.89. The standard InChI is InChI=1S/C21H21NO2S/c1-17-8-12-19(13-9-17)16-22(20-14-10-18(2)11-15-20)25(23,24)21-6-4-3-5-7-21/h3-15H,16H2,1-2H3. The lowest BCUT2D eigenvalue weighted by Gasteiger charge is -2.25. The molecular formula is C21H21NO2S. The molecule has 3 aromatic carbocycles. The van der Waals surface area contributed by atoms with Gasteiger partial charge in [-0.05, 0) is 43.7 Å². The van der Waals surface area contributed by atoms with Crippen LogP contribution in [0.2, 0.25) is 0 Å². The van der Waals surface area contributed by atoms with Gasteiger partial charge in [0.05, 0.1) is 17.1 Å². The Balaban J connectivity index is 2.05. The quantitative estimate of drug-likeness (QED) is 0.668. The van der Waals surface area contributed by atoms with Crippen LogP contribution < -0.4 is 4.31 Å². The number of hydrogen-bond donors (Lipinski definition) is 0. The van der Waals surface area contributed by atoms with Gasteiger partial charge in [-0.25, -0.2) is 8.42 Å². The maximum atomic E-state index is 13.2. The summed E-state index contributed by atoms with van der Waals surface area (Å²) in [5.74, 6) is 0. The topological polar surface area (TPSA) is 37.4 Å². The van der Waals surface area contributed by atoms with Crippen molar-refractivity contribution in [2.45, 2.75) is 25.3 Å². The highest BCUT2D eigenvalue weighted by Gasteiger charge is 2.24. The molecule has 0 saturated carbocycles. The third-order valence-electron chi connectivity index (χ3n) is 4.10. The van der Waals surface area contributed by atoms with Crippen LogP contribution >= 0.6 is 0 Å². The first-order chi connectivity index (χ1) is 12.0. The van der Waals surface area contributed by atoms with Crippen molar-refractivity contribution in [3.8, 4) is 0 Å². The van der Waals surface area contributed by atoms with E-state index in [9.17, 15) is 8.42 Å². The molecule has 0 aromatic heterocycles. The van der Waals surface area contributed by atoms with Crippen molar-refractivity contribution in [2.75, 3.05) is 4.31 Å². The normalized spacial score (nSPS) is 11.3. The molecule has 3 rings (SSSR count). The summed E-state index contributed by atoms with van der Waals surface area (Å²) >= 11 is 0. The molecule has 0 aliphatic heterocycles. The summed E-state index contributed by atoms with van der Waals surface area (Å²) in [6, 6.07) is 24.1. The van der Waals surface area contributed by atoms with E-state index in [1.54, 1.807) is 24.3 Å². The largest absolute Gasteiger partial charge is 0.264 e. The molecule has 3 aromatic rings.